The Labute approximate surface area is 162 Å². The van der Waals surface area contributed by atoms with Gasteiger partial charge in [0.2, 0.25) is 5.91 Å². The van der Waals surface area contributed by atoms with Crippen LogP contribution in [0.4, 0.5) is 18.9 Å². The number of para-hydroxylation sites is 1. The second-order valence-corrected chi connectivity index (χ2v) is 7.02. The zero-order valence-corrected chi connectivity index (χ0v) is 15.6. The highest BCUT2D eigenvalue weighted by atomic mass is 35.5. The molecule has 0 bridgehead atoms. The normalized spacial score (nSPS) is 11.3. The third kappa shape index (κ3) is 6.30. The van der Waals surface area contributed by atoms with Crippen LogP contribution in [0.25, 0.3) is 0 Å². The molecule has 0 spiro atoms. The Balaban J connectivity index is 1.81. The minimum Gasteiger partial charge on any atom is -0.493 e. The molecule has 0 radical (unpaired) electrons. The molecule has 26 heavy (non-hydrogen) atoms. The fourth-order valence-electron chi connectivity index (χ4n) is 2.00. The van der Waals surface area contributed by atoms with E-state index in [0.717, 1.165) is 6.07 Å². The highest BCUT2D eigenvalue weighted by Gasteiger charge is 2.34. The van der Waals surface area contributed by atoms with Crippen LogP contribution in [0.1, 0.15) is 5.56 Å². The van der Waals surface area contributed by atoms with Crippen molar-refractivity contribution >= 4 is 46.6 Å². The van der Waals surface area contributed by atoms with Crippen LogP contribution in [-0.2, 0) is 11.0 Å². The molecule has 0 saturated heterocycles. The molecule has 0 saturated carbocycles. The van der Waals surface area contributed by atoms with Crippen molar-refractivity contribution in [3.05, 3.63) is 58.1 Å². The van der Waals surface area contributed by atoms with E-state index in [-0.39, 0.29) is 10.8 Å². The van der Waals surface area contributed by atoms with Crippen LogP contribution in [0, 0.1) is 0 Å². The average Bonchev–Trinajstić information content (AvgIpc) is 2.55. The average molecular weight is 424 g/mol. The van der Waals surface area contributed by atoms with E-state index >= 15 is 0 Å². The molecule has 0 aromatic heterocycles. The topological polar surface area (TPSA) is 38.3 Å². The summed E-state index contributed by atoms with van der Waals surface area (Å²) in [4.78, 5) is 11.9. The molecule has 9 heteroatoms. The van der Waals surface area contributed by atoms with Crippen molar-refractivity contribution in [2.45, 2.75) is 6.18 Å². The van der Waals surface area contributed by atoms with Gasteiger partial charge in [-0.2, -0.15) is 13.2 Å². The molecule has 0 unspecified atom stereocenters. The van der Waals surface area contributed by atoms with Gasteiger partial charge in [0.25, 0.3) is 0 Å². The van der Waals surface area contributed by atoms with Gasteiger partial charge in [-0.1, -0.05) is 35.3 Å². The summed E-state index contributed by atoms with van der Waals surface area (Å²) in [5.74, 6) is 0.487. The second-order valence-electron chi connectivity index (χ2n) is 5.07. The van der Waals surface area contributed by atoms with Crippen LogP contribution in [0.2, 0.25) is 10.0 Å². The van der Waals surface area contributed by atoms with Gasteiger partial charge in [0, 0.05) is 10.8 Å². The summed E-state index contributed by atoms with van der Waals surface area (Å²) in [5, 5.41) is 2.62. The molecule has 1 N–H and O–H groups in total. The van der Waals surface area contributed by atoms with E-state index in [2.05, 4.69) is 5.32 Å². The highest BCUT2D eigenvalue weighted by Crippen LogP contribution is 2.38. The van der Waals surface area contributed by atoms with Gasteiger partial charge in [-0.15, -0.1) is 11.8 Å². The number of anilines is 1. The number of alkyl halides is 3. The Hall–Kier alpha value is -1.57. The van der Waals surface area contributed by atoms with Gasteiger partial charge in [-0.25, -0.2) is 0 Å². The van der Waals surface area contributed by atoms with Gasteiger partial charge in [0.1, 0.15) is 5.75 Å². The maximum atomic E-state index is 13.0. The first-order valence-electron chi connectivity index (χ1n) is 7.39. The van der Waals surface area contributed by atoms with Crippen LogP contribution >= 0.6 is 35.0 Å². The molecular formula is C17H14Cl2F3NO2S. The molecular weight excluding hydrogens is 410 g/mol. The number of nitrogens with one attached hydrogen (secondary N) is 1. The van der Waals surface area contributed by atoms with E-state index in [1.54, 1.807) is 24.3 Å². The summed E-state index contributed by atoms with van der Waals surface area (Å²) in [6, 6.07) is 10.2. The lowest BCUT2D eigenvalue weighted by atomic mass is 10.1. The number of rotatable bonds is 7. The van der Waals surface area contributed by atoms with E-state index in [9.17, 15) is 18.0 Å². The largest absolute Gasteiger partial charge is 0.493 e. The number of carbonyl (C=O) groups excluding carboxylic acids is 1. The number of ether oxygens (including phenoxy) is 1. The minimum atomic E-state index is -4.61. The van der Waals surface area contributed by atoms with Crippen LogP contribution in [0.5, 0.6) is 5.75 Å². The van der Waals surface area contributed by atoms with Crippen molar-refractivity contribution in [2.24, 2.45) is 0 Å². The predicted octanol–water partition coefficient (Wildman–Crippen LogP) is 5.76. The smallest absolute Gasteiger partial charge is 0.418 e. The van der Waals surface area contributed by atoms with Gasteiger partial charge < -0.3 is 10.1 Å². The zero-order valence-electron chi connectivity index (χ0n) is 13.3. The summed E-state index contributed by atoms with van der Waals surface area (Å²) in [6.07, 6.45) is -4.61. The zero-order chi connectivity index (χ0) is 19.2. The van der Waals surface area contributed by atoms with Crippen molar-refractivity contribution < 1.29 is 22.7 Å². The van der Waals surface area contributed by atoms with Gasteiger partial charge in [0.05, 0.1) is 28.6 Å². The summed E-state index contributed by atoms with van der Waals surface area (Å²) in [5.41, 5.74) is -1.41. The maximum absolute atomic E-state index is 13.0. The first-order valence-corrected chi connectivity index (χ1v) is 9.30. The Bertz CT molecular complexity index is 772. The molecule has 0 fully saturated rings. The highest BCUT2D eigenvalue weighted by molar-refractivity contribution is 7.99. The first kappa shape index (κ1) is 20.7. The summed E-state index contributed by atoms with van der Waals surface area (Å²) < 4.78 is 44.4. The van der Waals surface area contributed by atoms with E-state index in [4.69, 9.17) is 27.9 Å². The number of amides is 1. The number of hydrogen-bond donors (Lipinski definition) is 1. The summed E-state index contributed by atoms with van der Waals surface area (Å²) in [7, 11) is 0. The third-order valence-corrected chi connectivity index (χ3v) is 4.58. The van der Waals surface area contributed by atoms with Crippen molar-refractivity contribution in [2.75, 3.05) is 23.4 Å². The molecule has 0 aliphatic rings. The predicted molar refractivity (Wildman–Crippen MR) is 99.4 cm³/mol. The van der Waals surface area contributed by atoms with Crippen LogP contribution in [-0.4, -0.2) is 24.0 Å². The minimum absolute atomic E-state index is 0.0264. The van der Waals surface area contributed by atoms with Crippen molar-refractivity contribution in [3.63, 3.8) is 0 Å². The number of halogens is 5. The fourth-order valence-corrected chi connectivity index (χ4v) is 3.01. The number of hydrogen-bond acceptors (Lipinski definition) is 3. The number of carbonyl (C=O) groups is 1. The molecule has 2 aromatic carbocycles. The van der Waals surface area contributed by atoms with Crippen LogP contribution < -0.4 is 10.1 Å². The Kier molecular flexibility index (Phi) is 7.49. The first-order chi connectivity index (χ1) is 12.3. The standard InChI is InChI=1S/C17H14Cl2F3NO2S/c18-11-3-1-4-12(9-11)25-7-8-26-10-15(24)23-16-13(17(20,21)22)5-2-6-14(16)19/h1-6,9H,7-8,10H2,(H,23,24). The van der Waals surface area contributed by atoms with Crippen molar-refractivity contribution in [3.8, 4) is 5.75 Å². The molecule has 1 amide bonds. The van der Waals surface area contributed by atoms with Gasteiger partial charge >= 0.3 is 6.18 Å². The molecule has 2 rings (SSSR count). The number of thioether (sulfide) groups is 1. The van der Waals surface area contributed by atoms with Gasteiger partial charge in [-0.3, -0.25) is 4.79 Å². The molecule has 0 aliphatic carbocycles. The lowest BCUT2D eigenvalue weighted by Gasteiger charge is -2.15. The molecule has 3 nitrogen and oxygen atoms in total. The Morgan fingerprint density at radius 2 is 1.88 bits per heavy atom. The molecule has 0 atom stereocenters. The molecule has 2 aromatic rings. The fraction of sp³-hybridized carbons (Fsp3) is 0.235. The van der Waals surface area contributed by atoms with E-state index in [1.807, 2.05) is 0 Å². The van der Waals surface area contributed by atoms with Crippen LogP contribution in [0.15, 0.2) is 42.5 Å². The maximum Gasteiger partial charge on any atom is 0.418 e. The second kappa shape index (κ2) is 9.39. The monoisotopic (exact) mass is 423 g/mol. The van der Waals surface area contributed by atoms with E-state index in [1.165, 1.54) is 23.9 Å². The van der Waals surface area contributed by atoms with Crippen LogP contribution in [0.3, 0.4) is 0 Å². The lowest BCUT2D eigenvalue weighted by molar-refractivity contribution is -0.137. The van der Waals surface area contributed by atoms with E-state index < -0.39 is 23.3 Å². The Morgan fingerprint density at radius 1 is 1.15 bits per heavy atom. The SMILES string of the molecule is O=C(CSCCOc1cccc(Cl)c1)Nc1c(Cl)cccc1C(F)(F)F. The summed E-state index contributed by atoms with van der Waals surface area (Å²) >= 11 is 12.9. The Morgan fingerprint density at radius 3 is 2.58 bits per heavy atom. The summed E-state index contributed by atoms with van der Waals surface area (Å²) in [6.45, 7) is 0.332. The van der Waals surface area contributed by atoms with Gasteiger partial charge in [-0.05, 0) is 30.3 Å². The third-order valence-electron chi connectivity index (χ3n) is 3.11. The molecule has 0 heterocycles. The quantitative estimate of drug-likeness (QED) is 0.575. The van der Waals surface area contributed by atoms with E-state index in [0.29, 0.717) is 23.1 Å². The van der Waals surface area contributed by atoms with Crippen molar-refractivity contribution in [1.82, 2.24) is 0 Å². The number of benzene rings is 2. The molecule has 140 valence electrons. The van der Waals surface area contributed by atoms with Crippen molar-refractivity contribution in [1.29, 1.82) is 0 Å². The van der Waals surface area contributed by atoms with Gasteiger partial charge in [0.15, 0.2) is 0 Å². The lowest BCUT2D eigenvalue weighted by Crippen LogP contribution is -2.19. The molecule has 0 aliphatic heterocycles.